The minimum Gasteiger partial charge on any atom is -0.496 e. The Bertz CT molecular complexity index is 328. The Morgan fingerprint density at radius 3 is 2.59 bits per heavy atom. The topological polar surface area (TPSA) is 21.7 Å². The van der Waals surface area contributed by atoms with Crippen LogP contribution in [0.2, 0.25) is 0 Å². The van der Waals surface area contributed by atoms with Gasteiger partial charge in [0.05, 0.1) is 7.11 Å². The van der Waals surface area contributed by atoms with Crippen molar-refractivity contribution in [1.82, 2.24) is 4.90 Å². The fourth-order valence-electron chi connectivity index (χ4n) is 1.90. The van der Waals surface area contributed by atoms with Gasteiger partial charge in [-0.3, -0.25) is 4.90 Å². The number of methoxy groups -OCH3 is 2. The molecule has 0 saturated carbocycles. The minimum absolute atomic E-state index is 0.350. The summed E-state index contributed by atoms with van der Waals surface area (Å²) in [5.74, 6) is 0.957. The van der Waals surface area contributed by atoms with E-state index < -0.39 is 0 Å². The van der Waals surface area contributed by atoms with Crippen LogP contribution >= 0.6 is 0 Å². The predicted octanol–water partition coefficient (Wildman–Crippen LogP) is 2.72. The molecular weight excluding hydrogens is 214 g/mol. The third-order valence-corrected chi connectivity index (χ3v) is 3.11. The van der Waals surface area contributed by atoms with Crippen molar-refractivity contribution in [1.29, 1.82) is 0 Å². The van der Waals surface area contributed by atoms with Crippen LogP contribution in [0.4, 0.5) is 0 Å². The van der Waals surface area contributed by atoms with Crippen molar-refractivity contribution in [2.45, 2.75) is 19.4 Å². The lowest BCUT2D eigenvalue weighted by Crippen LogP contribution is -2.24. The fourth-order valence-corrected chi connectivity index (χ4v) is 1.90. The van der Waals surface area contributed by atoms with Crippen LogP contribution in [0, 0.1) is 0 Å². The molecule has 0 fully saturated rings. The molecule has 3 nitrogen and oxygen atoms in total. The van der Waals surface area contributed by atoms with E-state index in [1.54, 1.807) is 14.2 Å². The monoisotopic (exact) mass is 237 g/mol. The number of nitrogens with zero attached hydrogens (tertiary/aromatic N) is 1. The summed E-state index contributed by atoms with van der Waals surface area (Å²) < 4.78 is 10.5. The van der Waals surface area contributed by atoms with Crippen LogP contribution < -0.4 is 4.74 Å². The lowest BCUT2D eigenvalue weighted by atomic mass is 10.1. The first-order chi connectivity index (χ1) is 8.20. The van der Waals surface area contributed by atoms with Gasteiger partial charge in [0.25, 0.3) is 0 Å². The number of hydrogen-bond donors (Lipinski definition) is 0. The molecule has 3 heteroatoms. The van der Waals surface area contributed by atoms with E-state index in [2.05, 4.69) is 31.0 Å². The van der Waals surface area contributed by atoms with Gasteiger partial charge in [0.1, 0.15) is 5.75 Å². The van der Waals surface area contributed by atoms with Crippen LogP contribution in [0.5, 0.6) is 5.75 Å². The summed E-state index contributed by atoms with van der Waals surface area (Å²) in [7, 11) is 5.59. The number of ether oxygens (including phenoxy) is 2. The molecule has 0 amide bonds. The van der Waals surface area contributed by atoms with Crippen LogP contribution in [0.3, 0.4) is 0 Å². The first-order valence-corrected chi connectivity index (χ1v) is 6.02. The molecule has 1 aromatic carbocycles. The summed E-state index contributed by atoms with van der Waals surface area (Å²) in [5.41, 5.74) is 1.23. The van der Waals surface area contributed by atoms with Gasteiger partial charge in [-0.05, 0) is 26.5 Å². The second-order valence-corrected chi connectivity index (χ2v) is 4.24. The van der Waals surface area contributed by atoms with Gasteiger partial charge >= 0.3 is 0 Å². The zero-order valence-electron chi connectivity index (χ0n) is 11.3. The molecule has 1 unspecified atom stereocenters. The average Bonchev–Trinajstić information content (AvgIpc) is 2.38. The van der Waals surface area contributed by atoms with Crippen LogP contribution in [0.25, 0.3) is 0 Å². The number of hydrogen-bond acceptors (Lipinski definition) is 3. The van der Waals surface area contributed by atoms with Gasteiger partial charge in [-0.1, -0.05) is 18.2 Å². The van der Waals surface area contributed by atoms with Crippen molar-refractivity contribution >= 4 is 0 Å². The molecule has 0 spiro atoms. The van der Waals surface area contributed by atoms with E-state index >= 15 is 0 Å². The lowest BCUT2D eigenvalue weighted by Gasteiger charge is -2.26. The average molecular weight is 237 g/mol. The zero-order valence-corrected chi connectivity index (χ0v) is 11.3. The second kappa shape index (κ2) is 7.30. The van der Waals surface area contributed by atoms with E-state index in [9.17, 15) is 0 Å². The number of para-hydroxylation sites is 1. The highest BCUT2D eigenvalue weighted by Crippen LogP contribution is 2.27. The van der Waals surface area contributed by atoms with Gasteiger partial charge < -0.3 is 9.47 Å². The van der Waals surface area contributed by atoms with E-state index in [4.69, 9.17) is 9.47 Å². The first-order valence-electron chi connectivity index (χ1n) is 6.02. The van der Waals surface area contributed by atoms with Crippen LogP contribution in [0.15, 0.2) is 24.3 Å². The molecule has 96 valence electrons. The Labute approximate surface area is 104 Å². The van der Waals surface area contributed by atoms with Gasteiger partial charge in [0, 0.05) is 31.9 Å². The highest BCUT2D eigenvalue weighted by Gasteiger charge is 2.14. The van der Waals surface area contributed by atoms with Crippen molar-refractivity contribution in [3.8, 4) is 5.75 Å². The molecule has 0 saturated heterocycles. The largest absolute Gasteiger partial charge is 0.496 e. The molecular formula is C14H23NO2. The van der Waals surface area contributed by atoms with Gasteiger partial charge in [-0.25, -0.2) is 0 Å². The van der Waals surface area contributed by atoms with Crippen molar-refractivity contribution in [2.24, 2.45) is 0 Å². The van der Waals surface area contributed by atoms with E-state index in [0.717, 1.165) is 25.3 Å². The Hall–Kier alpha value is -1.06. The molecule has 1 rings (SSSR count). The summed E-state index contributed by atoms with van der Waals surface area (Å²) >= 11 is 0. The molecule has 1 atom stereocenters. The third-order valence-electron chi connectivity index (χ3n) is 3.11. The van der Waals surface area contributed by atoms with Gasteiger partial charge in [-0.15, -0.1) is 0 Å². The summed E-state index contributed by atoms with van der Waals surface area (Å²) in [5, 5.41) is 0. The third kappa shape index (κ3) is 4.02. The Kier molecular flexibility index (Phi) is 6.01. The van der Waals surface area contributed by atoms with Gasteiger partial charge in [0.15, 0.2) is 0 Å². The summed E-state index contributed by atoms with van der Waals surface area (Å²) in [4.78, 5) is 2.32. The quantitative estimate of drug-likeness (QED) is 0.681. The Morgan fingerprint density at radius 2 is 1.94 bits per heavy atom. The standard InChI is InChI=1S/C14H23NO2/c1-12(15(2)10-7-11-16-3)13-8-5-6-9-14(13)17-4/h5-6,8-9,12H,7,10-11H2,1-4H3. The van der Waals surface area contributed by atoms with Crippen molar-refractivity contribution < 1.29 is 9.47 Å². The fraction of sp³-hybridized carbons (Fsp3) is 0.571. The molecule has 1 aromatic rings. The lowest BCUT2D eigenvalue weighted by molar-refractivity contribution is 0.168. The minimum atomic E-state index is 0.350. The molecule has 0 heterocycles. The second-order valence-electron chi connectivity index (χ2n) is 4.24. The molecule has 0 N–H and O–H groups in total. The smallest absolute Gasteiger partial charge is 0.123 e. The summed E-state index contributed by atoms with van der Waals surface area (Å²) in [6.45, 7) is 4.03. The summed E-state index contributed by atoms with van der Waals surface area (Å²) in [6, 6.07) is 8.53. The van der Waals surface area contributed by atoms with Crippen molar-refractivity contribution in [2.75, 3.05) is 34.4 Å². The van der Waals surface area contributed by atoms with Gasteiger partial charge in [0.2, 0.25) is 0 Å². The predicted molar refractivity (Wildman–Crippen MR) is 70.5 cm³/mol. The Balaban J connectivity index is 2.64. The summed E-state index contributed by atoms with van der Waals surface area (Å²) in [6.07, 6.45) is 1.05. The highest BCUT2D eigenvalue weighted by atomic mass is 16.5. The van der Waals surface area contributed by atoms with E-state index in [1.165, 1.54) is 5.56 Å². The molecule has 0 aliphatic rings. The van der Waals surface area contributed by atoms with Crippen LogP contribution in [0.1, 0.15) is 24.9 Å². The molecule has 0 aliphatic carbocycles. The molecule has 0 bridgehead atoms. The molecule has 0 aliphatic heterocycles. The zero-order chi connectivity index (χ0) is 12.7. The maximum atomic E-state index is 5.39. The normalized spacial score (nSPS) is 12.8. The maximum Gasteiger partial charge on any atom is 0.123 e. The molecule has 0 radical (unpaired) electrons. The van der Waals surface area contributed by atoms with Gasteiger partial charge in [-0.2, -0.15) is 0 Å². The van der Waals surface area contributed by atoms with Crippen LogP contribution in [-0.4, -0.2) is 39.3 Å². The number of benzene rings is 1. The van der Waals surface area contributed by atoms with Crippen molar-refractivity contribution in [3.63, 3.8) is 0 Å². The van der Waals surface area contributed by atoms with Crippen molar-refractivity contribution in [3.05, 3.63) is 29.8 Å². The molecule has 0 aromatic heterocycles. The molecule has 17 heavy (non-hydrogen) atoms. The highest BCUT2D eigenvalue weighted by molar-refractivity contribution is 5.35. The van der Waals surface area contributed by atoms with E-state index in [1.807, 2.05) is 12.1 Å². The Morgan fingerprint density at radius 1 is 1.24 bits per heavy atom. The maximum absolute atomic E-state index is 5.39. The van der Waals surface area contributed by atoms with E-state index in [-0.39, 0.29) is 0 Å². The SMILES string of the molecule is COCCCN(C)C(C)c1ccccc1OC. The van der Waals surface area contributed by atoms with E-state index in [0.29, 0.717) is 6.04 Å². The van der Waals surface area contributed by atoms with Crippen LogP contribution in [-0.2, 0) is 4.74 Å². The first kappa shape index (κ1) is 14.0. The number of rotatable bonds is 7.